The second-order valence-corrected chi connectivity index (χ2v) is 7.99. The molecular formula is C18H21ClFN2O6P. The third-order valence-electron chi connectivity index (χ3n) is 4.43. The maximum Gasteiger partial charge on any atom is 0.397 e. The summed E-state index contributed by atoms with van der Waals surface area (Å²) in [7, 11) is -1.01. The number of aryl methyl sites for hydroxylation is 1. The number of fused-ring (bicyclic) bond motifs is 1. The van der Waals surface area contributed by atoms with E-state index in [0.29, 0.717) is 43.1 Å². The van der Waals surface area contributed by atoms with Crippen LogP contribution >= 0.6 is 20.2 Å². The quantitative estimate of drug-likeness (QED) is 0.721. The van der Waals surface area contributed by atoms with Crippen LogP contribution in [0.3, 0.4) is 0 Å². The molecule has 158 valence electrons. The number of aromatic amines is 1. The summed E-state index contributed by atoms with van der Waals surface area (Å²) < 4.78 is 33.8. The zero-order valence-corrected chi connectivity index (χ0v) is 17.5. The summed E-state index contributed by atoms with van der Waals surface area (Å²) in [5.74, 6) is 0.706. The van der Waals surface area contributed by atoms with Gasteiger partial charge in [-0.1, -0.05) is 11.6 Å². The molecule has 1 fully saturated rings. The van der Waals surface area contributed by atoms with Crippen molar-refractivity contribution in [2.75, 3.05) is 13.8 Å². The Morgan fingerprint density at radius 2 is 2.14 bits per heavy atom. The molecule has 4 rings (SSSR count). The molecule has 2 aliphatic heterocycles. The first kappa shape index (κ1) is 21.9. The molecule has 1 aromatic heterocycles. The predicted molar refractivity (Wildman–Crippen MR) is 106 cm³/mol. The third kappa shape index (κ3) is 5.24. The molecule has 0 bridgehead atoms. The summed E-state index contributed by atoms with van der Waals surface area (Å²) in [6.45, 7) is 2.32. The van der Waals surface area contributed by atoms with Gasteiger partial charge in [-0.3, -0.25) is 27.8 Å². The Labute approximate surface area is 172 Å². The molecule has 29 heavy (non-hydrogen) atoms. The van der Waals surface area contributed by atoms with Crippen LogP contribution in [0.1, 0.15) is 30.2 Å². The van der Waals surface area contributed by atoms with E-state index in [4.69, 9.17) is 29.9 Å². The van der Waals surface area contributed by atoms with E-state index in [1.54, 1.807) is 25.1 Å². The van der Waals surface area contributed by atoms with Crippen LogP contribution in [0.15, 0.2) is 34.0 Å². The molecule has 0 spiro atoms. The number of nitrogens with one attached hydrogen (secondary N) is 1. The maximum absolute atomic E-state index is 12.0. The molecule has 3 heterocycles. The first-order chi connectivity index (χ1) is 14.0. The molecule has 0 saturated carbocycles. The Bertz CT molecular complexity index is 968. The van der Waals surface area contributed by atoms with Gasteiger partial charge < -0.3 is 9.26 Å². The minimum Gasteiger partial charge on any atom is -0.426 e. The zero-order chi connectivity index (χ0) is 21.0. The molecule has 0 radical (unpaired) electrons. The Morgan fingerprint density at radius 3 is 2.93 bits per heavy atom. The standard InChI is InChI=1S/C17H18ClN2O6P.CH3F/c1-10-7-20(17(22)19-16(10)21)15-5-3-13(25-15)9-24-27-23-8-11-6-12(18)2-4-14(11)26-27;1-2/h2,4,6-7,13,15H,3,5,8-9H2,1H3,(H,19,21,22);1H3. The van der Waals surface area contributed by atoms with E-state index < -0.39 is 20.5 Å². The highest BCUT2D eigenvalue weighted by Crippen LogP contribution is 2.48. The molecule has 8 nitrogen and oxygen atoms in total. The number of nitrogens with zero attached hydrogens (tertiary/aromatic N) is 1. The van der Waals surface area contributed by atoms with Crippen molar-refractivity contribution in [1.29, 1.82) is 0 Å². The first-order valence-corrected chi connectivity index (χ1v) is 10.3. The van der Waals surface area contributed by atoms with Crippen molar-refractivity contribution in [2.24, 2.45) is 0 Å². The Hall–Kier alpha value is -1.77. The molecule has 2 aliphatic rings. The van der Waals surface area contributed by atoms with Crippen LogP contribution in [0, 0.1) is 6.92 Å². The van der Waals surface area contributed by atoms with E-state index >= 15 is 0 Å². The van der Waals surface area contributed by atoms with E-state index in [1.165, 1.54) is 10.8 Å². The largest absolute Gasteiger partial charge is 0.426 e. The zero-order valence-electron chi connectivity index (χ0n) is 15.9. The second-order valence-electron chi connectivity index (χ2n) is 6.40. The number of hydrogen-bond acceptors (Lipinski definition) is 6. The minimum atomic E-state index is -1.51. The van der Waals surface area contributed by atoms with Crippen LogP contribution in [0.4, 0.5) is 4.39 Å². The van der Waals surface area contributed by atoms with Crippen molar-refractivity contribution in [2.45, 2.75) is 38.7 Å². The van der Waals surface area contributed by atoms with Crippen LogP contribution in [0.25, 0.3) is 0 Å². The fourth-order valence-electron chi connectivity index (χ4n) is 3.00. The Kier molecular flexibility index (Phi) is 7.43. The fourth-order valence-corrected chi connectivity index (χ4v) is 4.25. The molecule has 1 aromatic carbocycles. The van der Waals surface area contributed by atoms with Crippen molar-refractivity contribution >= 4 is 20.2 Å². The topological polar surface area (TPSA) is 91.8 Å². The number of hydrogen-bond donors (Lipinski definition) is 1. The molecule has 3 unspecified atom stereocenters. The van der Waals surface area contributed by atoms with Gasteiger partial charge in [-0.05, 0) is 38.0 Å². The van der Waals surface area contributed by atoms with Gasteiger partial charge in [0.2, 0.25) is 0 Å². The van der Waals surface area contributed by atoms with Crippen LogP contribution in [-0.2, 0) is 20.4 Å². The number of alkyl halides is 1. The van der Waals surface area contributed by atoms with Crippen molar-refractivity contribution in [3.05, 3.63) is 61.4 Å². The van der Waals surface area contributed by atoms with E-state index in [9.17, 15) is 14.0 Å². The van der Waals surface area contributed by atoms with Gasteiger partial charge in [-0.25, -0.2) is 4.79 Å². The average molecular weight is 447 g/mol. The van der Waals surface area contributed by atoms with Gasteiger partial charge in [0, 0.05) is 22.3 Å². The van der Waals surface area contributed by atoms with Crippen molar-refractivity contribution < 1.29 is 22.7 Å². The summed E-state index contributed by atoms with van der Waals surface area (Å²) in [5, 5.41) is 0.631. The van der Waals surface area contributed by atoms with Crippen LogP contribution in [0.2, 0.25) is 5.02 Å². The maximum atomic E-state index is 12.0. The smallest absolute Gasteiger partial charge is 0.397 e. The second kappa shape index (κ2) is 9.82. The molecule has 11 heteroatoms. The predicted octanol–water partition coefficient (Wildman–Crippen LogP) is 3.61. The van der Waals surface area contributed by atoms with Gasteiger partial charge >= 0.3 is 14.3 Å². The molecule has 0 aliphatic carbocycles. The summed E-state index contributed by atoms with van der Waals surface area (Å²) >= 11 is 5.96. The van der Waals surface area contributed by atoms with Gasteiger partial charge in [-0.15, -0.1) is 0 Å². The SMILES string of the molecule is CF.Cc1cn(C2CCC(COP3OCc4cc(Cl)ccc4O3)O2)c(=O)[nH]c1=O. The first-order valence-electron chi connectivity index (χ1n) is 8.87. The highest BCUT2D eigenvalue weighted by atomic mass is 35.5. The van der Waals surface area contributed by atoms with E-state index in [1.807, 2.05) is 0 Å². The van der Waals surface area contributed by atoms with Gasteiger partial charge in [-0.2, -0.15) is 0 Å². The van der Waals surface area contributed by atoms with Crippen LogP contribution in [0.5, 0.6) is 5.75 Å². The average Bonchev–Trinajstić information content (AvgIpc) is 3.19. The summed E-state index contributed by atoms with van der Waals surface area (Å²) in [5.41, 5.74) is 0.486. The lowest BCUT2D eigenvalue weighted by Gasteiger charge is -2.25. The Balaban J connectivity index is 0.00000117. The van der Waals surface area contributed by atoms with Gasteiger partial charge in [0.1, 0.15) is 12.0 Å². The van der Waals surface area contributed by atoms with E-state index in [-0.39, 0.29) is 11.7 Å². The van der Waals surface area contributed by atoms with Gasteiger partial charge in [0.15, 0.2) is 0 Å². The van der Waals surface area contributed by atoms with Crippen LogP contribution in [-0.4, -0.2) is 29.4 Å². The van der Waals surface area contributed by atoms with Gasteiger partial charge in [0.05, 0.1) is 26.5 Å². The molecule has 1 N–H and O–H groups in total. The normalized spacial score (nSPS) is 23.0. The number of H-pyrrole nitrogens is 1. The number of aromatic nitrogens is 2. The van der Waals surface area contributed by atoms with Crippen molar-refractivity contribution in [1.82, 2.24) is 9.55 Å². The summed E-state index contributed by atoms with van der Waals surface area (Å²) in [4.78, 5) is 25.8. The fraction of sp³-hybridized carbons (Fsp3) is 0.444. The lowest BCUT2D eigenvalue weighted by Crippen LogP contribution is -2.33. The van der Waals surface area contributed by atoms with Crippen molar-refractivity contribution in [3.63, 3.8) is 0 Å². The molecule has 2 aromatic rings. The molecular weight excluding hydrogens is 426 g/mol. The van der Waals surface area contributed by atoms with Crippen LogP contribution < -0.4 is 15.8 Å². The monoisotopic (exact) mass is 446 g/mol. The number of benzene rings is 1. The minimum absolute atomic E-state index is 0.185. The molecule has 1 saturated heterocycles. The van der Waals surface area contributed by atoms with Gasteiger partial charge in [0.25, 0.3) is 5.56 Å². The van der Waals surface area contributed by atoms with E-state index in [0.717, 1.165) is 12.0 Å². The van der Waals surface area contributed by atoms with E-state index in [2.05, 4.69) is 4.98 Å². The lowest BCUT2D eigenvalue weighted by atomic mass is 10.2. The summed E-state index contributed by atoms with van der Waals surface area (Å²) in [6, 6.07) is 5.36. The summed E-state index contributed by atoms with van der Waals surface area (Å²) in [6.07, 6.45) is 2.29. The third-order valence-corrected chi connectivity index (χ3v) is 5.71. The highest BCUT2D eigenvalue weighted by Gasteiger charge is 2.30. The Morgan fingerprint density at radius 1 is 1.34 bits per heavy atom. The molecule has 3 atom stereocenters. The number of rotatable bonds is 4. The highest BCUT2D eigenvalue weighted by molar-refractivity contribution is 7.42. The number of ether oxygens (including phenoxy) is 1. The molecule has 0 amide bonds. The number of halogens is 2. The van der Waals surface area contributed by atoms with Crippen molar-refractivity contribution in [3.8, 4) is 5.75 Å². The lowest BCUT2D eigenvalue weighted by molar-refractivity contribution is -0.0230.